The van der Waals surface area contributed by atoms with Gasteiger partial charge < -0.3 is 0 Å². The molecule has 68 valence electrons. The Morgan fingerprint density at radius 2 is 1.42 bits per heavy atom. The van der Waals surface area contributed by atoms with Gasteiger partial charge in [0.1, 0.15) is 0 Å². The SMILES string of the molecule is [O]=[Cr](=[O])(=[O])([O-])[Cl].c1cc[nH+]cc1. The molecule has 0 atom stereocenters. The third-order valence-corrected chi connectivity index (χ3v) is 0.607. The van der Waals surface area contributed by atoms with Crippen LogP contribution in [0.5, 0.6) is 0 Å². The topological polar surface area (TPSA) is 88.4 Å². The fourth-order valence-electron chi connectivity index (χ4n) is 0.342. The van der Waals surface area contributed by atoms with Gasteiger partial charge in [-0.05, 0) is 0 Å². The standard InChI is InChI=1S/C5H5N.ClH.Cr.4O/c1-2-4-6-5-3-1;;;;;;/h1-5H;1H;;;;;/q;;+1;;;;-1. The van der Waals surface area contributed by atoms with Gasteiger partial charge in [0, 0.05) is 12.1 Å². The number of pyridine rings is 1. The number of halogens is 1. The third-order valence-electron chi connectivity index (χ3n) is 0.607. The van der Waals surface area contributed by atoms with Gasteiger partial charge in [0.15, 0.2) is 12.4 Å². The maximum absolute atomic E-state index is 8.95. The summed E-state index contributed by atoms with van der Waals surface area (Å²) in [7, 11) is 3.73. The van der Waals surface area contributed by atoms with Gasteiger partial charge in [-0.15, -0.1) is 0 Å². The molecule has 0 fully saturated rings. The van der Waals surface area contributed by atoms with Crippen LogP contribution < -0.4 is 9.14 Å². The number of hydrogen-bond donors (Lipinski definition) is 0. The zero-order valence-corrected chi connectivity index (χ0v) is 7.84. The maximum Gasteiger partial charge on any atom is 0.166 e. The van der Waals surface area contributed by atoms with Crippen molar-refractivity contribution in [2.45, 2.75) is 0 Å². The van der Waals surface area contributed by atoms with E-state index in [1.54, 1.807) is 0 Å². The minimum absolute atomic E-state index is 1.88. The number of aromatic nitrogens is 1. The largest absolute Gasteiger partial charge is 0.218 e. The third kappa shape index (κ3) is 22.8. The van der Waals surface area contributed by atoms with Gasteiger partial charge in [-0.1, -0.05) is 6.07 Å². The van der Waals surface area contributed by atoms with Crippen LogP contribution in [0.25, 0.3) is 0 Å². The van der Waals surface area contributed by atoms with Crippen LogP contribution in [0.3, 0.4) is 0 Å². The van der Waals surface area contributed by atoms with Crippen LogP contribution in [-0.2, 0) is 22.6 Å². The summed E-state index contributed by atoms with van der Waals surface area (Å²) in [6.07, 6.45) is 3.75. The molecule has 1 rings (SSSR count). The van der Waals surface area contributed by atoms with Crippen LogP contribution in [0.2, 0.25) is 0 Å². The average Bonchev–Trinajstić information content (AvgIpc) is 1.86. The maximum atomic E-state index is 8.95. The molecular formula is C5H6ClCrNO4. The molecule has 0 aliphatic rings. The van der Waals surface area contributed by atoms with E-state index < -0.39 is 11.2 Å². The van der Waals surface area contributed by atoms with Gasteiger partial charge >= 0.3 is 36.8 Å². The molecule has 7 heteroatoms. The smallest absolute Gasteiger partial charge is 0.166 e. The number of H-pyrrole nitrogens is 1. The number of aromatic amines is 1. The Morgan fingerprint density at radius 1 is 1.08 bits per heavy atom. The monoisotopic (exact) mass is 231 g/mol. The zero-order valence-electron chi connectivity index (χ0n) is 5.81. The molecule has 1 N–H and O–H groups in total. The molecule has 1 aromatic rings. The molecule has 0 bridgehead atoms. The second-order valence-corrected chi connectivity index (χ2v) is 5.88. The Bertz CT molecular complexity index is 356. The van der Waals surface area contributed by atoms with Crippen LogP contribution in [-0.4, -0.2) is 0 Å². The fourth-order valence-corrected chi connectivity index (χ4v) is 0.342. The summed E-state index contributed by atoms with van der Waals surface area (Å²) < 4.78 is 35.8. The van der Waals surface area contributed by atoms with Crippen molar-refractivity contribution in [2.24, 2.45) is 0 Å². The van der Waals surface area contributed by atoms with E-state index in [0.29, 0.717) is 0 Å². The van der Waals surface area contributed by atoms with E-state index in [2.05, 4.69) is 15.0 Å². The van der Waals surface area contributed by atoms with Gasteiger partial charge in [-0.2, -0.15) is 0 Å². The first-order valence-electron chi connectivity index (χ1n) is 2.73. The number of hydrogen-bond acceptors (Lipinski definition) is 4. The second-order valence-electron chi connectivity index (χ2n) is 1.74. The second kappa shape index (κ2) is 3.83. The summed E-state index contributed by atoms with van der Waals surface area (Å²) >= 11 is -6.90. The van der Waals surface area contributed by atoms with E-state index in [1.165, 1.54) is 0 Å². The number of nitrogens with one attached hydrogen (secondary N) is 1. The van der Waals surface area contributed by atoms with Crippen molar-refractivity contribution in [1.82, 2.24) is 0 Å². The van der Waals surface area contributed by atoms with Crippen LogP contribution in [0.4, 0.5) is 0 Å². The Morgan fingerprint density at radius 3 is 1.50 bits per heavy atom. The normalized spacial score (nSPS) is 11.2. The average molecular weight is 232 g/mol. The molecule has 1 heterocycles. The molecule has 0 radical (unpaired) electrons. The van der Waals surface area contributed by atoms with Crippen molar-refractivity contribution < 1.29 is 31.8 Å². The molecule has 0 spiro atoms. The Hall–Kier alpha value is -0.668. The summed E-state index contributed by atoms with van der Waals surface area (Å²) in [5.41, 5.74) is 0. The Labute approximate surface area is 72.8 Å². The van der Waals surface area contributed by atoms with E-state index in [-0.39, 0.29) is 0 Å². The van der Waals surface area contributed by atoms with Gasteiger partial charge in [0.25, 0.3) is 0 Å². The minimum Gasteiger partial charge on any atom is -0.218 e. The van der Waals surface area contributed by atoms with E-state index in [1.807, 2.05) is 30.6 Å². The van der Waals surface area contributed by atoms with Crippen molar-refractivity contribution >= 4 is 10.0 Å². The first-order chi connectivity index (χ1) is 5.24. The van der Waals surface area contributed by atoms with Crippen molar-refractivity contribution in [3.8, 4) is 0 Å². The molecule has 5 nitrogen and oxygen atoms in total. The summed E-state index contributed by atoms with van der Waals surface area (Å²) in [6, 6.07) is 5.86. The van der Waals surface area contributed by atoms with Gasteiger partial charge in [0.05, 0.1) is 0 Å². The molecule has 0 unspecified atom stereocenters. The van der Waals surface area contributed by atoms with Crippen LogP contribution >= 0.6 is 10.0 Å². The molecule has 1 aromatic heterocycles. The van der Waals surface area contributed by atoms with Gasteiger partial charge in [0.2, 0.25) is 0 Å². The first-order valence-corrected chi connectivity index (χ1v) is 6.57. The summed E-state index contributed by atoms with van der Waals surface area (Å²) in [5.74, 6) is 0. The van der Waals surface area contributed by atoms with Crippen molar-refractivity contribution in [3.05, 3.63) is 30.6 Å². The molecule has 12 heavy (non-hydrogen) atoms. The van der Waals surface area contributed by atoms with E-state index in [9.17, 15) is 0 Å². The molecule has 0 aliphatic heterocycles. The predicted molar refractivity (Wildman–Crippen MR) is 30.9 cm³/mol. The Kier molecular flexibility index (Phi) is 3.62. The number of rotatable bonds is 0. The van der Waals surface area contributed by atoms with Crippen molar-refractivity contribution in [1.29, 1.82) is 0 Å². The molecule has 0 aromatic carbocycles. The quantitative estimate of drug-likeness (QED) is 0.610. The molecule has 0 saturated heterocycles. The summed E-state index contributed by atoms with van der Waals surface area (Å²) in [6.45, 7) is 0. The van der Waals surface area contributed by atoms with Crippen LogP contribution in [0, 0.1) is 0 Å². The predicted octanol–water partition coefficient (Wildman–Crippen LogP) is -0.358. The van der Waals surface area contributed by atoms with Crippen molar-refractivity contribution in [2.75, 3.05) is 0 Å². The molecule has 0 aliphatic carbocycles. The van der Waals surface area contributed by atoms with E-state index >= 15 is 0 Å². The molecule has 0 amide bonds. The van der Waals surface area contributed by atoms with Crippen LogP contribution in [0.15, 0.2) is 30.6 Å². The zero-order chi connectivity index (χ0) is 9.69. The van der Waals surface area contributed by atoms with Gasteiger partial charge in [-0.3, -0.25) is 0 Å². The Balaban J connectivity index is 0.000000202. The summed E-state index contributed by atoms with van der Waals surface area (Å²) in [4.78, 5) is 2.89. The van der Waals surface area contributed by atoms with E-state index in [0.717, 1.165) is 0 Å². The van der Waals surface area contributed by atoms with Crippen molar-refractivity contribution in [3.63, 3.8) is 0 Å². The van der Waals surface area contributed by atoms with Crippen LogP contribution in [0.1, 0.15) is 0 Å². The first kappa shape index (κ1) is 11.3. The van der Waals surface area contributed by atoms with Gasteiger partial charge in [-0.25, -0.2) is 4.98 Å². The molecule has 0 saturated carbocycles. The molecular weight excluding hydrogens is 226 g/mol. The minimum atomic E-state index is -6.90. The van der Waals surface area contributed by atoms with E-state index in [4.69, 9.17) is 15.6 Å². The fraction of sp³-hybridized carbons (Fsp3) is 0. The summed E-state index contributed by atoms with van der Waals surface area (Å²) in [5, 5.41) is 0.